The lowest BCUT2D eigenvalue weighted by molar-refractivity contribution is -0.124. The van der Waals surface area contributed by atoms with Gasteiger partial charge in [0.05, 0.1) is 38.6 Å². The molecule has 0 N–H and O–H groups in total. The number of hydrogen-bond donors (Lipinski definition) is 0. The summed E-state index contributed by atoms with van der Waals surface area (Å²) in [5.74, 6) is 0.124. The molecule has 0 saturated carbocycles. The minimum absolute atomic E-state index is 0.0347. The highest BCUT2D eigenvalue weighted by Gasteiger charge is 2.41. The van der Waals surface area contributed by atoms with E-state index in [4.69, 9.17) is 18.3 Å². The van der Waals surface area contributed by atoms with E-state index < -0.39 is 16.6 Å². The molecule has 7 heteroatoms. The summed E-state index contributed by atoms with van der Waals surface area (Å²) in [6, 6.07) is 20.2. The van der Waals surface area contributed by atoms with Gasteiger partial charge in [-0.3, -0.25) is 4.79 Å². The van der Waals surface area contributed by atoms with Gasteiger partial charge in [0.1, 0.15) is 5.78 Å². The second-order valence-corrected chi connectivity index (χ2v) is 23.5. The Morgan fingerprint density at radius 1 is 0.625 bits per heavy atom. The van der Waals surface area contributed by atoms with E-state index in [1.54, 1.807) is 0 Å². The Morgan fingerprint density at radius 2 is 0.950 bits per heavy atom. The zero-order valence-corrected chi connectivity index (χ0v) is 28.7. The average molecular weight is 587 g/mol. The van der Waals surface area contributed by atoms with Crippen LogP contribution in [0.2, 0.25) is 36.3 Å². The molecule has 0 saturated heterocycles. The lowest BCUT2D eigenvalue weighted by Crippen LogP contribution is -2.47. The van der Waals surface area contributed by atoms with Crippen molar-refractivity contribution in [3.63, 3.8) is 0 Å². The Balaban J connectivity index is 2.11. The smallest absolute Gasteiger partial charge is 0.192 e. The lowest BCUT2D eigenvalue weighted by Gasteiger charge is -2.40. The summed E-state index contributed by atoms with van der Waals surface area (Å²) in [4.78, 5) is 13.6. The van der Waals surface area contributed by atoms with Gasteiger partial charge in [0, 0.05) is 12.8 Å². The number of Topliss-reactive ketones (excluding diaryl/α,β-unsaturated/α-hetero) is 1. The van der Waals surface area contributed by atoms with E-state index in [-0.39, 0.29) is 28.1 Å². The highest BCUT2D eigenvalue weighted by atomic mass is 28.4. The Morgan fingerprint density at radius 3 is 1.25 bits per heavy atom. The standard InChI is InChI=1S/C33H54O5Si2/c1-32(2,3)39(7,8)37-30(25-35-23-27-17-13-11-14-18-27)21-29(34)22-31(38-40(9,10)33(4,5)6)26-36-24-28-19-15-12-16-20-28/h11-20,30-31H,21-26H2,1-10H3/t30-,31-/m1/s1. The number of hydrogen-bond acceptors (Lipinski definition) is 5. The van der Waals surface area contributed by atoms with Gasteiger partial charge in [-0.25, -0.2) is 0 Å². The average Bonchev–Trinajstić information content (AvgIpc) is 2.83. The molecule has 5 nitrogen and oxygen atoms in total. The molecule has 0 spiro atoms. The molecule has 0 heterocycles. The maximum absolute atomic E-state index is 13.6. The van der Waals surface area contributed by atoms with Gasteiger partial charge < -0.3 is 18.3 Å². The fourth-order valence-corrected chi connectivity index (χ4v) is 6.49. The van der Waals surface area contributed by atoms with Crippen molar-refractivity contribution in [2.75, 3.05) is 13.2 Å². The molecular weight excluding hydrogens is 533 g/mol. The van der Waals surface area contributed by atoms with E-state index in [9.17, 15) is 4.79 Å². The lowest BCUT2D eigenvalue weighted by atomic mass is 10.1. The second-order valence-electron chi connectivity index (χ2n) is 13.9. The minimum atomic E-state index is -2.11. The van der Waals surface area contributed by atoms with Gasteiger partial charge in [-0.05, 0) is 47.4 Å². The summed E-state index contributed by atoms with van der Waals surface area (Å²) in [6.45, 7) is 24.0. The molecule has 0 aliphatic carbocycles. The number of ketones is 1. The Bertz CT molecular complexity index is 929. The van der Waals surface area contributed by atoms with Crippen molar-refractivity contribution in [1.29, 1.82) is 0 Å². The number of rotatable bonds is 16. The summed E-state index contributed by atoms with van der Waals surface area (Å²) in [6.07, 6.45) is 0.0149. The van der Waals surface area contributed by atoms with Crippen LogP contribution in [0, 0.1) is 0 Å². The van der Waals surface area contributed by atoms with Crippen molar-refractivity contribution < 1.29 is 23.1 Å². The molecular formula is C33H54O5Si2. The van der Waals surface area contributed by atoms with E-state index in [0.717, 1.165) is 11.1 Å². The first-order chi connectivity index (χ1) is 18.5. The number of carbonyl (C=O) groups excluding carboxylic acids is 1. The summed E-state index contributed by atoms with van der Waals surface area (Å²) in [5, 5.41) is 0.0694. The molecule has 224 valence electrons. The van der Waals surface area contributed by atoms with E-state index in [1.807, 2.05) is 60.7 Å². The third-order valence-electron chi connectivity index (χ3n) is 8.28. The highest BCUT2D eigenvalue weighted by Crippen LogP contribution is 2.39. The SMILES string of the molecule is CC(C)(C)[Si](C)(C)O[C@@H](COCc1ccccc1)CC(=O)C[C@H](COCc1ccccc1)O[Si](C)(C)C(C)(C)C. The monoisotopic (exact) mass is 586 g/mol. The molecule has 2 aromatic carbocycles. The molecule has 0 fully saturated rings. The van der Waals surface area contributed by atoms with Crippen LogP contribution in [-0.2, 0) is 36.3 Å². The van der Waals surface area contributed by atoms with E-state index in [0.29, 0.717) is 39.3 Å². The summed E-state index contributed by atoms with van der Waals surface area (Å²) in [5.41, 5.74) is 2.22. The van der Waals surface area contributed by atoms with Crippen LogP contribution in [0.25, 0.3) is 0 Å². The molecule has 0 amide bonds. The van der Waals surface area contributed by atoms with Crippen molar-refractivity contribution in [3.8, 4) is 0 Å². The van der Waals surface area contributed by atoms with Crippen molar-refractivity contribution in [1.82, 2.24) is 0 Å². The quantitative estimate of drug-likeness (QED) is 0.184. The topological polar surface area (TPSA) is 54.0 Å². The fourth-order valence-electron chi connectivity index (χ4n) is 3.81. The van der Waals surface area contributed by atoms with Crippen LogP contribution >= 0.6 is 0 Å². The predicted molar refractivity (Wildman–Crippen MR) is 171 cm³/mol. The number of carbonyl (C=O) groups is 1. The van der Waals surface area contributed by atoms with Crippen LogP contribution in [0.5, 0.6) is 0 Å². The third kappa shape index (κ3) is 11.7. The van der Waals surface area contributed by atoms with Gasteiger partial charge in [0.2, 0.25) is 0 Å². The molecule has 2 atom stereocenters. The molecule has 0 bridgehead atoms. The molecule has 0 aromatic heterocycles. The van der Waals surface area contributed by atoms with Crippen LogP contribution in [0.15, 0.2) is 60.7 Å². The van der Waals surface area contributed by atoms with Crippen LogP contribution in [0.4, 0.5) is 0 Å². The summed E-state index contributed by atoms with van der Waals surface area (Å²) < 4.78 is 25.6. The molecule has 0 aliphatic rings. The van der Waals surface area contributed by atoms with E-state index in [1.165, 1.54) is 0 Å². The van der Waals surface area contributed by atoms with Crippen LogP contribution in [0.3, 0.4) is 0 Å². The Hall–Kier alpha value is -1.62. The normalized spacial score (nSPS) is 14.7. The zero-order chi connectivity index (χ0) is 30.0. The maximum Gasteiger partial charge on any atom is 0.192 e. The van der Waals surface area contributed by atoms with Crippen LogP contribution < -0.4 is 0 Å². The largest absolute Gasteiger partial charge is 0.411 e. The minimum Gasteiger partial charge on any atom is -0.411 e. The number of ether oxygens (including phenoxy) is 2. The first-order valence-electron chi connectivity index (χ1n) is 14.6. The predicted octanol–water partition coefficient (Wildman–Crippen LogP) is 8.55. The Labute approximate surface area is 246 Å². The second kappa shape index (κ2) is 15.0. The van der Waals surface area contributed by atoms with Crippen molar-refractivity contribution >= 4 is 22.4 Å². The molecule has 0 aliphatic heterocycles. The van der Waals surface area contributed by atoms with Crippen molar-refractivity contribution in [2.24, 2.45) is 0 Å². The molecule has 0 radical (unpaired) electrons. The van der Waals surface area contributed by atoms with Crippen LogP contribution in [-0.4, -0.2) is 47.8 Å². The van der Waals surface area contributed by atoms with E-state index in [2.05, 4.69) is 67.7 Å². The van der Waals surface area contributed by atoms with Gasteiger partial charge in [-0.2, -0.15) is 0 Å². The Kier molecular flexibility index (Phi) is 13.0. The van der Waals surface area contributed by atoms with Gasteiger partial charge in [0.25, 0.3) is 0 Å². The molecule has 2 rings (SSSR count). The third-order valence-corrected chi connectivity index (χ3v) is 17.3. The van der Waals surface area contributed by atoms with Crippen molar-refractivity contribution in [2.45, 2.75) is 116 Å². The molecule has 0 unspecified atom stereocenters. The first kappa shape index (κ1) is 34.6. The van der Waals surface area contributed by atoms with Gasteiger partial charge in [0.15, 0.2) is 16.6 Å². The van der Waals surface area contributed by atoms with Gasteiger partial charge in [-0.15, -0.1) is 0 Å². The van der Waals surface area contributed by atoms with Crippen LogP contribution in [0.1, 0.15) is 65.5 Å². The summed E-state index contributed by atoms with van der Waals surface area (Å²) >= 11 is 0. The van der Waals surface area contributed by atoms with Gasteiger partial charge in [-0.1, -0.05) is 102 Å². The van der Waals surface area contributed by atoms with Crippen molar-refractivity contribution in [3.05, 3.63) is 71.8 Å². The fraction of sp³-hybridized carbons (Fsp3) is 0.606. The first-order valence-corrected chi connectivity index (χ1v) is 20.4. The zero-order valence-electron chi connectivity index (χ0n) is 26.7. The summed E-state index contributed by atoms with van der Waals surface area (Å²) in [7, 11) is -4.21. The van der Waals surface area contributed by atoms with E-state index >= 15 is 0 Å². The maximum atomic E-state index is 13.6. The van der Waals surface area contributed by atoms with Gasteiger partial charge >= 0.3 is 0 Å². The molecule has 2 aromatic rings. The highest BCUT2D eigenvalue weighted by molar-refractivity contribution is 6.74. The molecule has 40 heavy (non-hydrogen) atoms. The number of benzene rings is 2.